The van der Waals surface area contributed by atoms with Gasteiger partial charge in [0.15, 0.2) is 5.82 Å². The lowest BCUT2D eigenvalue weighted by atomic mass is 10.2. The maximum Gasteiger partial charge on any atom is 0.336 e. The minimum Gasteiger partial charge on any atom is -0.497 e. The first-order valence-corrected chi connectivity index (χ1v) is 11.1. The van der Waals surface area contributed by atoms with Crippen LogP contribution in [0.15, 0.2) is 72.8 Å². The summed E-state index contributed by atoms with van der Waals surface area (Å²) >= 11 is 0. The summed E-state index contributed by atoms with van der Waals surface area (Å²) in [7, 11) is 1.59. The lowest BCUT2D eigenvalue weighted by Crippen LogP contribution is -2.12. The molecule has 1 amide bonds. The van der Waals surface area contributed by atoms with Crippen LogP contribution in [0.1, 0.15) is 17.3 Å². The second-order valence-electron chi connectivity index (χ2n) is 7.42. The van der Waals surface area contributed by atoms with Crippen molar-refractivity contribution in [2.75, 3.05) is 32.2 Å². The van der Waals surface area contributed by atoms with Gasteiger partial charge in [-0.15, -0.1) is 5.10 Å². The second-order valence-corrected chi connectivity index (χ2v) is 7.42. The van der Waals surface area contributed by atoms with E-state index in [-0.39, 0.29) is 11.6 Å². The van der Waals surface area contributed by atoms with Crippen molar-refractivity contribution in [2.45, 2.75) is 6.92 Å². The number of methoxy groups -OCH3 is 1. The Hall–Kier alpha value is -4.24. The van der Waals surface area contributed by atoms with Crippen LogP contribution in [-0.2, 0) is 4.74 Å². The summed E-state index contributed by atoms with van der Waals surface area (Å²) in [5.41, 5.74) is 2.15. The van der Waals surface area contributed by atoms with E-state index >= 15 is 0 Å². The number of benzene rings is 3. The van der Waals surface area contributed by atoms with Crippen LogP contribution in [0.2, 0.25) is 0 Å². The van der Waals surface area contributed by atoms with Crippen molar-refractivity contribution in [3.63, 3.8) is 0 Å². The van der Waals surface area contributed by atoms with Gasteiger partial charge < -0.3 is 19.5 Å². The van der Waals surface area contributed by atoms with E-state index in [0.29, 0.717) is 42.8 Å². The molecule has 9 heteroatoms. The second kappa shape index (κ2) is 11.3. The fraction of sp³-hybridized carbons (Fsp3) is 0.192. The van der Waals surface area contributed by atoms with Crippen molar-refractivity contribution in [3.8, 4) is 28.8 Å². The van der Waals surface area contributed by atoms with Crippen molar-refractivity contribution in [3.05, 3.63) is 84.2 Å². The van der Waals surface area contributed by atoms with E-state index in [1.54, 1.807) is 36.1 Å². The first-order valence-electron chi connectivity index (χ1n) is 11.1. The monoisotopic (exact) mass is 476 g/mol. The van der Waals surface area contributed by atoms with E-state index in [4.69, 9.17) is 14.2 Å². The minimum atomic E-state index is -0.478. The lowest BCUT2D eigenvalue weighted by molar-refractivity contribution is 0.102. The molecule has 0 aliphatic rings. The molecule has 3 aromatic carbocycles. The molecule has 0 fully saturated rings. The van der Waals surface area contributed by atoms with Gasteiger partial charge in [-0.05, 0) is 55.5 Å². The van der Waals surface area contributed by atoms with Gasteiger partial charge in [0, 0.05) is 23.4 Å². The Bertz CT molecular complexity index is 1310. The molecule has 0 aliphatic carbocycles. The first kappa shape index (κ1) is 23.9. The number of ether oxygens (including phenoxy) is 3. The van der Waals surface area contributed by atoms with Gasteiger partial charge in [-0.25, -0.2) is 9.07 Å². The standard InChI is InChI=1S/C26H25FN4O4/c1-3-34-13-14-35-26-29-24(18-7-5-12-23(16-18)33-2)31(30-26)22-11-6-10-21(17-22)28-25(32)19-8-4-9-20(27)15-19/h4-12,15-17H,3,13-14H2,1-2H3,(H,28,32). The molecule has 180 valence electrons. The van der Waals surface area contributed by atoms with Gasteiger partial charge in [0.25, 0.3) is 5.91 Å². The molecular weight excluding hydrogens is 451 g/mol. The Morgan fingerprint density at radius 2 is 1.86 bits per heavy atom. The van der Waals surface area contributed by atoms with Gasteiger partial charge in [0.2, 0.25) is 0 Å². The van der Waals surface area contributed by atoms with Crippen LogP contribution in [0, 0.1) is 5.82 Å². The highest BCUT2D eigenvalue weighted by molar-refractivity contribution is 6.04. The van der Waals surface area contributed by atoms with E-state index in [1.165, 1.54) is 18.2 Å². The van der Waals surface area contributed by atoms with Crippen molar-refractivity contribution in [2.24, 2.45) is 0 Å². The van der Waals surface area contributed by atoms with Gasteiger partial charge in [-0.2, -0.15) is 4.98 Å². The summed E-state index contributed by atoms with van der Waals surface area (Å²) < 4.78 is 31.5. The topological polar surface area (TPSA) is 87.5 Å². The van der Waals surface area contributed by atoms with Crippen molar-refractivity contribution < 1.29 is 23.4 Å². The zero-order valence-corrected chi connectivity index (χ0v) is 19.4. The highest BCUT2D eigenvalue weighted by atomic mass is 19.1. The van der Waals surface area contributed by atoms with E-state index in [9.17, 15) is 9.18 Å². The van der Waals surface area contributed by atoms with E-state index in [2.05, 4.69) is 15.4 Å². The number of hydrogen-bond acceptors (Lipinski definition) is 6. The normalized spacial score (nSPS) is 10.7. The predicted molar refractivity (Wildman–Crippen MR) is 130 cm³/mol. The average molecular weight is 477 g/mol. The molecule has 0 atom stereocenters. The van der Waals surface area contributed by atoms with Crippen LogP contribution in [0.4, 0.5) is 10.1 Å². The lowest BCUT2D eigenvalue weighted by Gasteiger charge is -2.10. The summed E-state index contributed by atoms with van der Waals surface area (Å²) in [6, 6.07) is 20.2. The number of nitrogens with zero attached hydrogens (tertiary/aromatic N) is 3. The Balaban J connectivity index is 1.65. The summed E-state index contributed by atoms with van der Waals surface area (Å²) in [5.74, 6) is 0.304. The Labute approximate surface area is 202 Å². The summed E-state index contributed by atoms with van der Waals surface area (Å²) in [6.45, 7) is 3.22. The molecular formula is C26H25FN4O4. The largest absolute Gasteiger partial charge is 0.497 e. The first-order chi connectivity index (χ1) is 17.1. The Morgan fingerprint density at radius 3 is 2.66 bits per heavy atom. The number of aromatic nitrogens is 3. The van der Waals surface area contributed by atoms with E-state index in [0.717, 1.165) is 5.56 Å². The van der Waals surface area contributed by atoms with Crippen LogP contribution >= 0.6 is 0 Å². The van der Waals surface area contributed by atoms with Crippen molar-refractivity contribution in [1.82, 2.24) is 14.8 Å². The number of anilines is 1. The molecule has 1 N–H and O–H groups in total. The van der Waals surface area contributed by atoms with Crippen LogP contribution < -0.4 is 14.8 Å². The molecule has 0 saturated carbocycles. The van der Waals surface area contributed by atoms with Gasteiger partial charge >= 0.3 is 6.01 Å². The smallest absolute Gasteiger partial charge is 0.336 e. The van der Waals surface area contributed by atoms with Gasteiger partial charge in [-0.1, -0.05) is 24.3 Å². The molecule has 0 radical (unpaired) electrons. The molecule has 0 unspecified atom stereocenters. The third kappa shape index (κ3) is 6.01. The fourth-order valence-corrected chi connectivity index (χ4v) is 3.37. The molecule has 0 spiro atoms. The Kier molecular flexibility index (Phi) is 7.69. The van der Waals surface area contributed by atoms with E-state index < -0.39 is 11.7 Å². The van der Waals surface area contributed by atoms with Crippen LogP contribution in [0.5, 0.6) is 11.8 Å². The SMILES string of the molecule is CCOCCOc1nc(-c2cccc(OC)c2)n(-c2cccc(NC(=O)c3cccc(F)c3)c2)n1. The van der Waals surface area contributed by atoms with E-state index in [1.807, 2.05) is 37.3 Å². The number of rotatable bonds is 10. The maximum absolute atomic E-state index is 13.5. The molecule has 8 nitrogen and oxygen atoms in total. The third-order valence-electron chi connectivity index (χ3n) is 5.01. The number of nitrogens with one attached hydrogen (secondary N) is 1. The minimum absolute atomic E-state index is 0.191. The molecule has 35 heavy (non-hydrogen) atoms. The number of carbonyl (C=O) groups is 1. The van der Waals surface area contributed by atoms with Crippen molar-refractivity contribution in [1.29, 1.82) is 0 Å². The number of hydrogen-bond donors (Lipinski definition) is 1. The summed E-state index contributed by atoms with van der Waals surface area (Å²) in [5, 5.41) is 7.32. The summed E-state index contributed by atoms with van der Waals surface area (Å²) in [4.78, 5) is 17.2. The quantitative estimate of drug-likeness (QED) is 0.333. The molecule has 0 bridgehead atoms. The summed E-state index contributed by atoms with van der Waals surface area (Å²) in [6.07, 6.45) is 0. The number of halogens is 1. The number of amides is 1. The predicted octanol–water partition coefficient (Wildman–Crippen LogP) is 4.75. The fourth-order valence-electron chi connectivity index (χ4n) is 3.37. The molecule has 0 saturated heterocycles. The average Bonchev–Trinajstić information content (AvgIpc) is 3.31. The Morgan fingerprint density at radius 1 is 1.03 bits per heavy atom. The highest BCUT2D eigenvalue weighted by Crippen LogP contribution is 2.27. The number of carbonyl (C=O) groups excluding carboxylic acids is 1. The molecule has 1 heterocycles. The zero-order chi connectivity index (χ0) is 24.6. The van der Waals surface area contributed by atoms with Crippen LogP contribution in [0.3, 0.4) is 0 Å². The van der Waals surface area contributed by atoms with Crippen LogP contribution in [0.25, 0.3) is 17.1 Å². The molecule has 1 aromatic heterocycles. The highest BCUT2D eigenvalue weighted by Gasteiger charge is 2.16. The molecule has 4 aromatic rings. The third-order valence-corrected chi connectivity index (χ3v) is 5.01. The van der Waals surface area contributed by atoms with Crippen LogP contribution in [-0.4, -0.2) is 47.6 Å². The van der Waals surface area contributed by atoms with Crippen molar-refractivity contribution >= 4 is 11.6 Å². The van der Waals surface area contributed by atoms with Gasteiger partial charge in [0.05, 0.1) is 19.4 Å². The van der Waals surface area contributed by atoms with Gasteiger partial charge in [-0.3, -0.25) is 4.79 Å². The van der Waals surface area contributed by atoms with Gasteiger partial charge in [0.1, 0.15) is 18.2 Å². The molecule has 4 rings (SSSR count). The zero-order valence-electron chi connectivity index (χ0n) is 19.4. The molecule has 0 aliphatic heterocycles. The maximum atomic E-state index is 13.5.